The highest BCUT2D eigenvalue weighted by Crippen LogP contribution is 2.19. The van der Waals surface area contributed by atoms with Crippen molar-refractivity contribution >= 4 is 17.4 Å². The molecule has 7 heteroatoms. The quantitative estimate of drug-likeness (QED) is 0.328. The topological polar surface area (TPSA) is 106 Å². The second-order valence-corrected chi connectivity index (χ2v) is 4.75. The van der Waals surface area contributed by atoms with E-state index in [1.54, 1.807) is 24.3 Å². The average molecular weight is 293 g/mol. The van der Waals surface area contributed by atoms with Gasteiger partial charge >= 0.3 is 0 Å². The van der Waals surface area contributed by atoms with Crippen molar-refractivity contribution in [2.45, 2.75) is 25.4 Å². The van der Waals surface area contributed by atoms with Crippen LogP contribution >= 0.6 is 0 Å². The lowest BCUT2D eigenvalue weighted by Gasteiger charge is -2.21. The van der Waals surface area contributed by atoms with Gasteiger partial charge in [0.25, 0.3) is 5.91 Å². The SMILES string of the molecule is NC(COc1cccc(NC(=O)C2CCCCO2)c1)=NO. The summed E-state index contributed by atoms with van der Waals surface area (Å²) in [6.07, 6.45) is 2.36. The van der Waals surface area contributed by atoms with E-state index in [9.17, 15) is 4.79 Å². The van der Waals surface area contributed by atoms with Gasteiger partial charge in [-0.2, -0.15) is 0 Å². The van der Waals surface area contributed by atoms with E-state index in [0.717, 1.165) is 19.3 Å². The molecule has 1 fully saturated rings. The Morgan fingerprint density at radius 1 is 1.52 bits per heavy atom. The van der Waals surface area contributed by atoms with Gasteiger partial charge in [-0.3, -0.25) is 4.79 Å². The van der Waals surface area contributed by atoms with Gasteiger partial charge in [0.05, 0.1) is 0 Å². The highest BCUT2D eigenvalue weighted by molar-refractivity contribution is 5.94. The fraction of sp³-hybridized carbons (Fsp3) is 0.429. The van der Waals surface area contributed by atoms with Crippen LogP contribution in [0.1, 0.15) is 19.3 Å². The van der Waals surface area contributed by atoms with Crippen molar-refractivity contribution in [1.29, 1.82) is 0 Å². The lowest BCUT2D eigenvalue weighted by molar-refractivity contribution is -0.129. The summed E-state index contributed by atoms with van der Waals surface area (Å²) in [7, 11) is 0. The van der Waals surface area contributed by atoms with Crippen molar-refractivity contribution in [3.63, 3.8) is 0 Å². The number of nitrogens with one attached hydrogen (secondary N) is 1. The van der Waals surface area contributed by atoms with Crippen LogP contribution in [0.4, 0.5) is 5.69 Å². The molecule has 1 aromatic rings. The summed E-state index contributed by atoms with van der Waals surface area (Å²) in [5.74, 6) is 0.340. The Morgan fingerprint density at radius 2 is 2.38 bits per heavy atom. The average Bonchev–Trinajstić information content (AvgIpc) is 2.53. The Hall–Kier alpha value is -2.28. The number of amidine groups is 1. The number of nitrogens with two attached hydrogens (primary N) is 1. The van der Waals surface area contributed by atoms with Gasteiger partial charge in [0, 0.05) is 18.4 Å². The van der Waals surface area contributed by atoms with Crippen LogP contribution in [-0.4, -0.2) is 36.3 Å². The molecule has 0 bridgehead atoms. The van der Waals surface area contributed by atoms with Gasteiger partial charge in [0.15, 0.2) is 5.84 Å². The zero-order valence-corrected chi connectivity index (χ0v) is 11.6. The summed E-state index contributed by atoms with van der Waals surface area (Å²) in [6, 6.07) is 6.90. The van der Waals surface area contributed by atoms with E-state index in [1.165, 1.54) is 0 Å². The van der Waals surface area contributed by atoms with Crippen molar-refractivity contribution < 1.29 is 19.5 Å². The molecular weight excluding hydrogens is 274 g/mol. The molecule has 114 valence electrons. The van der Waals surface area contributed by atoms with Gasteiger partial charge in [-0.05, 0) is 31.4 Å². The standard InChI is InChI=1S/C14H19N3O4/c15-13(17-19)9-21-11-5-3-4-10(8-11)16-14(18)12-6-1-2-7-20-12/h3-5,8,12,19H,1-2,6-7,9H2,(H2,15,17)(H,16,18). The lowest BCUT2D eigenvalue weighted by atomic mass is 10.1. The molecule has 0 aliphatic carbocycles. The predicted octanol–water partition coefficient (Wildman–Crippen LogP) is 1.32. The number of carbonyl (C=O) groups excluding carboxylic acids is 1. The summed E-state index contributed by atoms with van der Waals surface area (Å²) < 4.78 is 10.8. The molecule has 1 amide bonds. The number of carbonyl (C=O) groups is 1. The summed E-state index contributed by atoms with van der Waals surface area (Å²) in [5.41, 5.74) is 5.94. The number of ether oxygens (including phenoxy) is 2. The first kappa shape index (κ1) is 15.1. The van der Waals surface area contributed by atoms with Crippen LogP contribution in [0, 0.1) is 0 Å². The first-order valence-electron chi connectivity index (χ1n) is 6.81. The van der Waals surface area contributed by atoms with Crippen LogP contribution in [0.2, 0.25) is 0 Å². The second-order valence-electron chi connectivity index (χ2n) is 4.75. The Bertz CT molecular complexity index is 513. The molecule has 0 aromatic heterocycles. The summed E-state index contributed by atoms with van der Waals surface area (Å²) >= 11 is 0. The van der Waals surface area contributed by atoms with Gasteiger partial charge < -0.3 is 25.7 Å². The zero-order valence-electron chi connectivity index (χ0n) is 11.6. The van der Waals surface area contributed by atoms with E-state index in [4.69, 9.17) is 20.4 Å². The summed E-state index contributed by atoms with van der Waals surface area (Å²) in [4.78, 5) is 12.0. The number of anilines is 1. The molecule has 4 N–H and O–H groups in total. The third-order valence-corrected chi connectivity index (χ3v) is 3.09. The van der Waals surface area contributed by atoms with Gasteiger partial charge in [-0.25, -0.2) is 0 Å². The molecule has 1 atom stereocenters. The van der Waals surface area contributed by atoms with Gasteiger partial charge in [-0.15, -0.1) is 0 Å². The number of nitrogens with zero attached hydrogens (tertiary/aromatic N) is 1. The van der Waals surface area contributed by atoms with E-state index in [-0.39, 0.29) is 24.5 Å². The number of oxime groups is 1. The smallest absolute Gasteiger partial charge is 0.253 e. The van der Waals surface area contributed by atoms with Crippen LogP contribution in [0.25, 0.3) is 0 Å². The number of benzene rings is 1. The molecular formula is C14H19N3O4. The maximum atomic E-state index is 12.0. The molecule has 1 aromatic carbocycles. The van der Waals surface area contributed by atoms with Crippen LogP contribution < -0.4 is 15.8 Å². The molecule has 0 saturated carbocycles. The number of hydrogen-bond acceptors (Lipinski definition) is 5. The number of rotatable bonds is 5. The maximum Gasteiger partial charge on any atom is 0.253 e. The number of amides is 1. The Kier molecular flexibility index (Phi) is 5.39. The zero-order chi connectivity index (χ0) is 15.1. The van der Waals surface area contributed by atoms with Gasteiger partial charge in [-0.1, -0.05) is 11.2 Å². The molecule has 2 rings (SSSR count). The Labute approximate surface area is 122 Å². The van der Waals surface area contributed by atoms with Crippen molar-refractivity contribution in [2.75, 3.05) is 18.5 Å². The van der Waals surface area contributed by atoms with Crippen molar-refractivity contribution in [2.24, 2.45) is 10.9 Å². The summed E-state index contributed by atoms with van der Waals surface area (Å²) in [6.45, 7) is 0.598. The molecule has 0 spiro atoms. The molecule has 1 saturated heterocycles. The first-order valence-corrected chi connectivity index (χ1v) is 6.81. The molecule has 1 aliphatic rings. The predicted molar refractivity (Wildman–Crippen MR) is 77.6 cm³/mol. The highest BCUT2D eigenvalue weighted by atomic mass is 16.5. The second kappa shape index (κ2) is 7.49. The van der Waals surface area contributed by atoms with E-state index >= 15 is 0 Å². The minimum absolute atomic E-state index is 0.0277. The van der Waals surface area contributed by atoms with Crippen LogP contribution in [0.5, 0.6) is 5.75 Å². The van der Waals surface area contributed by atoms with Crippen molar-refractivity contribution in [3.8, 4) is 5.75 Å². The lowest BCUT2D eigenvalue weighted by Crippen LogP contribution is -2.33. The third-order valence-electron chi connectivity index (χ3n) is 3.09. The van der Waals surface area contributed by atoms with E-state index < -0.39 is 0 Å². The molecule has 1 aliphatic heterocycles. The van der Waals surface area contributed by atoms with E-state index in [2.05, 4.69) is 10.5 Å². The molecule has 1 heterocycles. The molecule has 7 nitrogen and oxygen atoms in total. The normalized spacial score (nSPS) is 19.0. The van der Waals surface area contributed by atoms with Crippen LogP contribution in [-0.2, 0) is 9.53 Å². The maximum absolute atomic E-state index is 12.0. The number of hydrogen-bond donors (Lipinski definition) is 3. The minimum Gasteiger partial charge on any atom is -0.485 e. The molecule has 21 heavy (non-hydrogen) atoms. The monoisotopic (exact) mass is 293 g/mol. The minimum atomic E-state index is -0.388. The van der Waals surface area contributed by atoms with Gasteiger partial charge in [0.1, 0.15) is 18.5 Å². The van der Waals surface area contributed by atoms with Crippen molar-refractivity contribution in [1.82, 2.24) is 0 Å². The van der Waals surface area contributed by atoms with Gasteiger partial charge in [0.2, 0.25) is 0 Å². The largest absolute Gasteiger partial charge is 0.485 e. The third kappa shape index (κ3) is 4.64. The van der Waals surface area contributed by atoms with E-state index in [0.29, 0.717) is 18.0 Å². The fourth-order valence-electron chi connectivity index (χ4n) is 2.02. The van der Waals surface area contributed by atoms with Crippen molar-refractivity contribution in [3.05, 3.63) is 24.3 Å². The first-order chi connectivity index (χ1) is 10.2. The summed E-state index contributed by atoms with van der Waals surface area (Å²) in [5, 5.41) is 14.1. The molecule has 1 unspecified atom stereocenters. The van der Waals surface area contributed by atoms with E-state index in [1.807, 2.05) is 0 Å². The highest BCUT2D eigenvalue weighted by Gasteiger charge is 2.21. The van der Waals surface area contributed by atoms with Crippen LogP contribution in [0.3, 0.4) is 0 Å². The fourth-order valence-corrected chi connectivity index (χ4v) is 2.02. The Morgan fingerprint density at radius 3 is 3.10 bits per heavy atom. The Balaban J connectivity index is 1.92. The molecule has 0 radical (unpaired) electrons. The van der Waals surface area contributed by atoms with Crippen LogP contribution in [0.15, 0.2) is 29.4 Å².